The molecule has 0 bridgehead atoms. The lowest BCUT2D eigenvalue weighted by molar-refractivity contribution is 0.0987. The molecule has 14 heavy (non-hydrogen) atoms. The summed E-state index contributed by atoms with van der Waals surface area (Å²) in [7, 11) is 0. The van der Waals surface area contributed by atoms with E-state index in [1.807, 2.05) is 0 Å². The van der Waals surface area contributed by atoms with Crippen LogP contribution in [-0.2, 0) is 0 Å². The van der Waals surface area contributed by atoms with E-state index in [2.05, 4.69) is 4.98 Å². The lowest BCUT2D eigenvalue weighted by Crippen LogP contribution is -2.15. The molecule has 0 aliphatic heterocycles. The van der Waals surface area contributed by atoms with E-state index in [-0.39, 0.29) is 40.3 Å². The maximum absolute atomic E-state index is 11.4. The molecule has 1 aliphatic carbocycles. The first kappa shape index (κ1) is 10.9. The molecule has 1 aromatic heterocycles. The first-order chi connectivity index (χ1) is 6.20. The van der Waals surface area contributed by atoms with Crippen molar-refractivity contribution in [3.05, 3.63) is 40.7 Å². The largest absolute Gasteiger partial charge is 0.288 e. The molecule has 5 heteroatoms. The van der Waals surface area contributed by atoms with E-state index < -0.39 is 0 Å². The van der Waals surface area contributed by atoms with Crippen LogP contribution in [-0.4, -0.2) is 16.6 Å². The van der Waals surface area contributed by atoms with Crippen LogP contribution in [0.4, 0.5) is 0 Å². The Labute approximate surface area is 91.2 Å². The van der Waals surface area contributed by atoms with Gasteiger partial charge in [-0.2, -0.15) is 0 Å². The number of rotatable bonds is 0. The monoisotopic (exact) mass is 229 g/mol. The molecule has 72 valence electrons. The van der Waals surface area contributed by atoms with Crippen LogP contribution in [0.15, 0.2) is 29.4 Å². The van der Waals surface area contributed by atoms with Gasteiger partial charge in [-0.25, -0.2) is 0 Å². The number of fused-ring (bicyclic) bond motifs is 1. The third-order valence-corrected chi connectivity index (χ3v) is 2.04. The molecule has 0 atom stereocenters. The fourth-order valence-corrected chi connectivity index (χ4v) is 1.36. The lowest BCUT2D eigenvalue weighted by Gasteiger charge is -2.08. The van der Waals surface area contributed by atoms with Crippen LogP contribution < -0.4 is 0 Å². The van der Waals surface area contributed by atoms with Gasteiger partial charge in [-0.05, 0) is 12.1 Å². The van der Waals surface area contributed by atoms with E-state index in [1.165, 1.54) is 12.3 Å². The van der Waals surface area contributed by atoms with E-state index >= 15 is 0 Å². The van der Waals surface area contributed by atoms with Gasteiger partial charge in [0.15, 0.2) is 0 Å². The average molecular weight is 230 g/mol. The van der Waals surface area contributed by atoms with Gasteiger partial charge in [-0.15, -0.1) is 12.4 Å². The quantitative estimate of drug-likeness (QED) is 0.684. The third kappa shape index (κ3) is 1.56. The second-order valence-corrected chi connectivity index (χ2v) is 2.99. The summed E-state index contributed by atoms with van der Waals surface area (Å²) in [6.45, 7) is 0. The fraction of sp³-hybridized carbons (Fsp3) is 0. The molecular formula is C9H5Cl2NO2. The number of hydrogen-bond donors (Lipinski definition) is 0. The molecule has 1 aliphatic rings. The molecule has 0 saturated carbocycles. The summed E-state index contributed by atoms with van der Waals surface area (Å²) in [5, 5.41) is -0.0505. The Balaban J connectivity index is 0.000000980. The highest BCUT2D eigenvalue weighted by Gasteiger charge is 2.24. The summed E-state index contributed by atoms with van der Waals surface area (Å²) in [4.78, 5) is 26.4. The van der Waals surface area contributed by atoms with Crippen molar-refractivity contribution in [1.82, 2.24) is 4.98 Å². The van der Waals surface area contributed by atoms with Gasteiger partial charge in [0.05, 0.1) is 10.6 Å². The number of pyridine rings is 1. The number of halogens is 2. The van der Waals surface area contributed by atoms with E-state index in [1.54, 1.807) is 6.07 Å². The molecule has 1 aromatic rings. The predicted octanol–water partition coefficient (Wildman–Crippen LogP) is 2.01. The summed E-state index contributed by atoms with van der Waals surface area (Å²) >= 11 is 5.55. The Hall–Kier alpha value is -1.19. The Morgan fingerprint density at radius 2 is 2.00 bits per heavy atom. The minimum atomic E-state index is -0.343. The normalized spacial score (nSPS) is 14.2. The van der Waals surface area contributed by atoms with Gasteiger partial charge in [-0.1, -0.05) is 11.6 Å². The number of hydrogen-bond acceptors (Lipinski definition) is 3. The Bertz CT molecular complexity index is 440. The van der Waals surface area contributed by atoms with Crippen LogP contribution in [0.25, 0.3) is 0 Å². The van der Waals surface area contributed by atoms with E-state index in [0.717, 1.165) is 6.08 Å². The van der Waals surface area contributed by atoms with Crippen molar-refractivity contribution in [3.8, 4) is 0 Å². The molecular weight excluding hydrogens is 225 g/mol. The lowest BCUT2D eigenvalue weighted by atomic mass is 10.0. The molecule has 1 heterocycles. The third-order valence-electron chi connectivity index (χ3n) is 1.76. The Morgan fingerprint density at radius 3 is 2.71 bits per heavy atom. The summed E-state index contributed by atoms with van der Waals surface area (Å²) in [5.41, 5.74) is 0.455. The molecule has 0 saturated heterocycles. The molecule has 0 N–H and O–H groups in total. The van der Waals surface area contributed by atoms with Gasteiger partial charge < -0.3 is 0 Å². The van der Waals surface area contributed by atoms with Crippen molar-refractivity contribution in [3.63, 3.8) is 0 Å². The van der Waals surface area contributed by atoms with Crippen molar-refractivity contribution < 1.29 is 9.59 Å². The highest BCUT2D eigenvalue weighted by atomic mass is 35.5. The Kier molecular flexibility index (Phi) is 3.03. The van der Waals surface area contributed by atoms with Crippen molar-refractivity contribution in [2.45, 2.75) is 0 Å². The number of allylic oxidation sites excluding steroid dienone is 2. The summed E-state index contributed by atoms with van der Waals surface area (Å²) in [6.07, 6.45) is 2.57. The molecule has 0 amide bonds. The number of carbonyl (C=O) groups is 2. The van der Waals surface area contributed by atoms with Crippen molar-refractivity contribution in [1.29, 1.82) is 0 Å². The van der Waals surface area contributed by atoms with Crippen LogP contribution in [0.5, 0.6) is 0 Å². The molecule has 0 aromatic carbocycles. The first-order valence-electron chi connectivity index (χ1n) is 3.61. The van der Waals surface area contributed by atoms with Crippen LogP contribution >= 0.6 is 24.0 Å². The molecule has 2 rings (SSSR count). The minimum absolute atomic E-state index is 0. The van der Waals surface area contributed by atoms with E-state index in [9.17, 15) is 9.59 Å². The maximum Gasteiger partial charge on any atom is 0.206 e. The zero-order valence-corrected chi connectivity index (χ0v) is 8.43. The number of Topliss-reactive ketones (excluding diaryl/α,β-unsaturated/α-hetero) is 1. The average Bonchev–Trinajstić information content (AvgIpc) is 2.15. The first-order valence-corrected chi connectivity index (χ1v) is 3.99. The number of carbonyl (C=O) groups excluding carboxylic acids is 2. The summed E-state index contributed by atoms with van der Waals surface area (Å²) in [5.74, 6) is -0.662. The van der Waals surface area contributed by atoms with Gasteiger partial charge in [0.2, 0.25) is 11.6 Å². The minimum Gasteiger partial charge on any atom is -0.288 e. The topological polar surface area (TPSA) is 47.0 Å². The Morgan fingerprint density at radius 1 is 1.29 bits per heavy atom. The maximum atomic E-state index is 11.4. The van der Waals surface area contributed by atoms with Crippen molar-refractivity contribution in [2.24, 2.45) is 0 Å². The van der Waals surface area contributed by atoms with Gasteiger partial charge in [-0.3, -0.25) is 14.6 Å². The number of ketones is 2. The highest BCUT2D eigenvalue weighted by molar-refractivity contribution is 6.48. The fourth-order valence-electron chi connectivity index (χ4n) is 1.16. The number of aromatic nitrogens is 1. The second kappa shape index (κ2) is 3.90. The van der Waals surface area contributed by atoms with Gasteiger partial charge in [0.25, 0.3) is 0 Å². The van der Waals surface area contributed by atoms with E-state index in [4.69, 9.17) is 11.6 Å². The van der Waals surface area contributed by atoms with Crippen molar-refractivity contribution in [2.75, 3.05) is 0 Å². The van der Waals surface area contributed by atoms with Crippen LogP contribution in [0.3, 0.4) is 0 Å². The van der Waals surface area contributed by atoms with Gasteiger partial charge >= 0.3 is 0 Å². The predicted molar refractivity (Wildman–Crippen MR) is 54.1 cm³/mol. The number of nitrogens with zero attached hydrogens (tertiary/aromatic N) is 1. The zero-order valence-electron chi connectivity index (χ0n) is 6.86. The van der Waals surface area contributed by atoms with E-state index in [0.29, 0.717) is 0 Å². The molecule has 3 nitrogen and oxygen atoms in total. The van der Waals surface area contributed by atoms with Crippen LogP contribution in [0, 0.1) is 0 Å². The van der Waals surface area contributed by atoms with Crippen LogP contribution in [0.2, 0.25) is 0 Å². The van der Waals surface area contributed by atoms with Crippen molar-refractivity contribution >= 4 is 35.6 Å². The highest BCUT2D eigenvalue weighted by Crippen LogP contribution is 2.20. The van der Waals surface area contributed by atoms with Gasteiger partial charge in [0.1, 0.15) is 5.69 Å². The smallest absolute Gasteiger partial charge is 0.206 e. The molecule has 0 spiro atoms. The molecule has 0 radical (unpaired) electrons. The van der Waals surface area contributed by atoms with Crippen LogP contribution in [0.1, 0.15) is 20.8 Å². The van der Waals surface area contributed by atoms with Gasteiger partial charge in [0, 0.05) is 12.3 Å². The molecule has 0 unspecified atom stereocenters. The standard InChI is InChI=1S/C9H4ClNO2.ClH/c10-6-4-7(12)8-5(9(6)13)2-1-3-11-8;/h1-4H;1H. The summed E-state index contributed by atoms with van der Waals surface area (Å²) in [6, 6.07) is 3.14. The summed E-state index contributed by atoms with van der Waals surface area (Å²) < 4.78 is 0. The SMILES string of the molecule is Cl.O=C1C(Cl)=CC(=O)c2ncccc21. The second-order valence-electron chi connectivity index (χ2n) is 2.59. The molecule has 0 fully saturated rings. The zero-order chi connectivity index (χ0) is 9.42.